The molecule has 0 amide bonds. The lowest BCUT2D eigenvalue weighted by Crippen LogP contribution is -2.48. The molecule has 0 bridgehead atoms. The van der Waals surface area contributed by atoms with Gasteiger partial charge in [0, 0.05) is 23.1 Å². The van der Waals surface area contributed by atoms with Crippen molar-refractivity contribution in [2.45, 2.75) is 32.0 Å². The van der Waals surface area contributed by atoms with Crippen LogP contribution < -0.4 is 5.32 Å². The Bertz CT molecular complexity index is 412. The number of halogens is 2. The molecule has 0 saturated carbocycles. The highest BCUT2D eigenvalue weighted by Crippen LogP contribution is 2.31. The molecule has 1 aliphatic rings. The summed E-state index contributed by atoms with van der Waals surface area (Å²) in [6.07, 6.45) is 0.705. The van der Waals surface area contributed by atoms with Crippen molar-refractivity contribution >= 4 is 15.9 Å². The molecule has 0 aromatic heterocycles. The Hall–Kier alpha value is -0.450. The maximum atomic E-state index is 13.9. The molecule has 17 heavy (non-hydrogen) atoms. The molecule has 1 aromatic rings. The molecule has 1 saturated heterocycles. The number of hydrogen-bond acceptors (Lipinski definition) is 2. The molecule has 2 rings (SSSR count). The van der Waals surface area contributed by atoms with Gasteiger partial charge in [-0.05, 0) is 25.5 Å². The second kappa shape index (κ2) is 5.04. The van der Waals surface area contributed by atoms with E-state index in [0.29, 0.717) is 12.1 Å². The van der Waals surface area contributed by atoms with Crippen LogP contribution in [-0.2, 0) is 4.74 Å². The van der Waals surface area contributed by atoms with Crippen LogP contribution in [0.2, 0.25) is 0 Å². The third kappa shape index (κ3) is 2.87. The van der Waals surface area contributed by atoms with Gasteiger partial charge in [-0.25, -0.2) is 4.39 Å². The number of rotatable bonds is 2. The first-order valence-electron chi connectivity index (χ1n) is 5.87. The number of ether oxygens (including phenoxy) is 1. The van der Waals surface area contributed by atoms with Gasteiger partial charge in [0.05, 0.1) is 11.7 Å². The predicted octanol–water partition coefficient (Wildman–Crippen LogP) is 3.42. The van der Waals surface area contributed by atoms with E-state index in [2.05, 4.69) is 35.1 Å². The minimum Gasteiger partial charge on any atom is -0.365 e. The minimum absolute atomic E-state index is 0.206. The summed E-state index contributed by atoms with van der Waals surface area (Å²) >= 11 is 3.26. The van der Waals surface area contributed by atoms with Crippen molar-refractivity contribution in [3.63, 3.8) is 0 Å². The first-order chi connectivity index (χ1) is 8.04. The van der Waals surface area contributed by atoms with E-state index in [-0.39, 0.29) is 17.5 Å². The summed E-state index contributed by atoms with van der Waals surface area (Å²) in [4.78, 5) is 0. The molecule has 2 unspecified atom stereocenters. The zero-order chi connectivity index (χ0) is 12.5. The standard InChI is InChI=1S/C13H17BrFNO/c1-3-13(2)8-16-7-12(17-13)10-5-4-9(14)6-11(10)15/h4-6,12,16H,3,7-8H2,1-2H3. The monoisotopic (exact) mass is 301 g/mol. The first kappa shape index (κ1) is 13.0. The summed E-state index contributed by atoms with van der Waals surface area (Å²) in [5.41, 5.74) is 0.419. The molecule has 4 heteroatoms. The van der Waals surface area contributed by atoms with Crippen LogP contribution in [0.4, 0.5) is 4.39 Å². The zero-order valence-electron chi connectivity index (χ0n) is 10.1. The van der Waals surface area contributed by atoms with Crippen molar-refractivity contribution < 1.29 is 9.13 Å². The molecule has 0 spiro atoms. The molecule has 1 aliphatic heterocycles. The Morgan fingerprint density at radius 1 is 1.59 bits per heavy atom. The fourth-order valence-electron chi connectivity index (χ4n) is 2.04. The van der Waals surface area contributed by atoms with Crippen molar-refractivity contribution in [1.29, 1.82) is 0 Å². The first-order valence-corrected chi connectivity index (χ1v) is 6.67. The van der Waals surface area contributed by atoms with Crippen molar-refractivity contribution in [1.82, 2.24) is 5.32 Å². The van der Waals surface area contributed by atoms with Gasteiger partial charge in [0.2, 0.25) is 0 Å². The molecule has 1 fully saturated rings. The van der Waals surface area contributed by atoms with Gasteiger partial charge in [0.25, 0.3) is 0 Å². The van der Waals surface area contributed by atoms with Gasteiger partial charge in [-0.1, -0.05) is 28.9 Å². The number of benzene rings is 1. The van der Waals surface area contributed by atoms with Crippen molar-refractivity contribution in [2.24, 2.45) is 0 Å². The van der Waals surface area contributed by atoms with E-state index in [1.807, 2.05) is 6.07 Å². The highest BCUT2D eigenvalue weighted by Gasteiger charge is 2.32. The lowest BCUT2D eigenvalue weighted by Gasteiger charge is -2.39. The van der Waals surface area contributed by atoms with E-state index in [1.54, 1.807) is 6.07 Å². The van der Waals surface area contributed by atoms with Crippen LogP contribution in [0.25, 0.3) is 0 Å². The molecule has 0 aliphatic carbocycles. The molecule has 1 N–H and O–H groups in total. The van der Waals surface area contributed by atoms with E-state index < -0.39 is 0 Å². The van der Waals surface area contributed by atoms with Crippen LogP contribution in [0, 0.1) is 5.82 Å². The highest BCUT2D eigenvalue weighted by molar-refractivity contribution is 9.10. The summed E-state index contributed by atoms with van der Waals surface area (Å²) in [5, 5.41) is 3.31. The molecular formula is C13H17BrFNO. The Morgan fingerprint density at radius 3 is 3.00 bits per heavy atom. The smallest absolute Gasteiger partial charge is 0.130 e. The normalized spacial score (nSPS) is 29.3. The topological polar surface area (TPSA) is 21.3 Å². The number of nitrogens with one attached hydrogen (secondary N) is 1. The van der Waals surface area contributed by atoms with Gasteiger partial charge in [-0.15, -0.1) is 0 Å². The van der Waals surface area contributed by atoms with Crippen LogP contribution in [0.3, 0.4) is 0 Å². The summed E-state index contributed by atoms with van der Waals surface area (Å²) in [6.45, 7) is 5.62. The molecule has 0 radical (unpaired) electrons. The highest BCUT2D eigenvalue weighted by atomic mass is 79.9. The second-order valence-electron chi connectivity index (χ2n) is 4.71. The molecule has 94 valence electrons. The second-order valence-corrected chi connectivity index (χ2v) is 5.62. The summed E-state index contributed by atoms with van der Waals surface area (Å²) in [6, 6.07) is 5.11. The third-order valence-corrected chi connectivity index (χ3v) is 3.81. The summed E-state index contributed by atoms with van der Waals surface area (Å²) in [5.74, 6) is -0.216. The molecular weight excluding hydrogens is 285 g/mol. The fraction of sp³-hybridized carbons (Fsp3) is 0.538. The van der Waals surface area contributed by atoms with Crippen LogP contribution in [-0.4, -0.2) is 18.7 Å². The maximum absolute atomic E-state index is 13.9. The van der Waals surface area contributed by atoms with Crippen LogP contribution in [0.1, 0.15) is 31.9 Å². The van der Waals surface area contributed by atoms with Gasteiger partial charge >= 0.3 is 0 Å². The van der Waals surface area contributed by atoms with Crippen LogP contribution >= 0.6 is 15.9 Å². The average molecular weight is 302 g/mol. The van der Waals surface area contributed by atoms with Gasteiger partial charge < -0.3 is 10.1 Å². The van der Waals surface area contributed by atoms with E-state index in [0.717, 1.165) is 17.4 Å². The third-order valence-electron chi connectivity index (χ3n) is 3.31. The van der Waals surface area contributed by atoms with Crippen molar-refractivity contribution in [3.05, 3.63) is 34.1 Å². The Morgan fingerprint density at radius 2 is 2.35 bits per heavy atom. The van der Waals surface area contributed by atoms with Crippen molar-refractivity contribution in [2.75, 3.05) is 13.1 Å². The Kier molecular flexibility index (Phi) is 3.85. The number of hydrogen-bond donors (Lipinski definition) is 1. The Balaban J connectivity index is 2.22. The fourth-order valence-corrected chi connectivity index (χ4v) is 2.37. The molecule has 2 atom stereocenters. The van der Waals surface area contributed by atoms with Crippen LogP contribution in [0.15, 0.2) is 22.7 Å². The average Bonchev–Trinajstić information content (AvgIpc) is 2.29. The largest absolute Gasteiger partial charge is 0.365 e. The molecule has 2 nitrogen and oxygen atoms in total. The minimum atomic E-state index is -0.216. The van der Waals surface area contributed by atoms with E-state index in [9.17, 15) is 4.39 Å². The number of morpholine rings is 1. The van der Waals surface area contributed by atoms with Crippen molar-refractivity contribution in [3.8, 4) is 0 Å². The predicted molar refractivity (Wildman–Crippen MR) is 69.5 cm³/mol. The van der Waals surface area contributed by atoms with Gasteiger partial charge in [0.15, 0.2) is 0 Å². The summed E-state index contributed by atoms with van der Waals surface area (Å²) < 4.78 is 20.6. The van der Waals surface area contributed by atoms with E-state index in [4.69, 9.17) is 4.74 Å². The zero-order valence-corrected chi connectivity index (χ0v) is 11.7. The Labute approximate surface area is 110 Å². The SMILES string of the molecule is CCC1(C)CNCC(c2ccc(Br)cc2F)O1. The molecule has 1 aromatic carbocycles. The molecule has 1 heterocycles. The lowest BCUT2D eigenvalue weighted by atomic mass is 9.98. The van der Waals surface area contributed by atoms with Gasteiger partial charge in [0.1, 0.15) is 5.82 Å². The van der Waals surface area contributed by atoms with E-state index >= 15 is 0 Å². The van der Waals surface area contributed by atoms with Gasteiger partial charge in [-0.3, -0.25) is 0 Å². The summed E-state index contributed by atoms with van der Waals surface area (Å²) in [7, 11) is 0. The van der Waals surface area contributed by atoms with Gasteiger partial charge in [-0.2, -0.15) is 0 Å². The lowest BCUT2D eigenvalue weighted by molar-refractivity contribution is -0.110. The van der Waals surface area contributed by atoms with E-state index in [1.165, 1.54) is 6.07 Å². The quantitative estimate of drug-likeness (QED) is 0.904. The van der Waals surface area contributed by atoms with Crippen LogP contribution in [0.5, 0.6) is 0 Å². The maximum Gasteiger partial charge on any atom is 0.130 e.